The second-order valence-electron chi connectivity index (χ2n) is 5.09. The predicted molar refractivity (Wildman–Crippen MR) is 92.4 cm³/mol. The van der Waals surface area contributed by atoms with Gasteiger partial charge in [0.05, 0.1) is 4.92 Å². The van der Waals surface area contributed by atoms with Crippen LogP contribution < -0.4 is 4.90 Å². The summed E-state index contributed by atoms with van der Waals surface area (Å²) >= 11 is 0. The second kappa shape index (κ2) is 6.75. The maximum Gasteiger partial charge on any atom is 0.282 e. The minimum atomic E-state index is -0.540. The van der Waals surface area contributed by atoms with Gasteiger partial charge in [0.15, 0.2) is 0 Å². The third-order valence-electron chi connectivity index (χ3n) is 3.56. The van der Waals surface area contributed by atoms with Gasteiger partial charge in [0.25, 0.3) is 11.6 Å². The molecule has 118 valence electrons. The lowest BCUT2D eigenvalue weighted by atomic mass is 10.1. The van der Waals surface area contributed by atoms with E-state index >= 15 is 0 Å². The number of benzene rings is 3. The first-order chi connectivity index (χ1) is 11.7. The fourth-order valence-corrected chi connectivity index (χ4v) is 2.47. The number of hydrogen-bond donors (Lipinski definition) is 0. The zero-order valence-corrected chi connectivity index (χ0v) is 12.7. The van der Waals surface area contributed by atoms with Crippen molar-refractivity contribution in [1.29, 1.82) is 0 Å². The molecule has 0 saturated carbocycles. The topological polar surface area (TPSA) is 63.4 Å². The Morgan fingerprint density at radius 3 is 1.71 bits per heavy atom. The van der Waals surface area contributed by atoms with Crippen molar-refractivity contribution in [3.63, 3.8) is 0 Å². The molecule has 0 aliphatic rings. The number of carbonyl (C=O) groups is 1. The third kappa shape index (κ3) is 3.01. The smallest absolute Gasteiger partial charge is 0.277 e. The summed E-state index contributed by atoms with van der Waals surface area (Å²) in [4.78, 5) is 25.3. The van der Waals surface area contributed by atoms with Crippen molar-refractivity contribution >= 4 is 23.0 Å². The first-order valence-electron chi connectivity index (χ1n) is 7.36. The maximum absolute atomic E-state index is 13.1. The van der Waals surface area contributed by atoms with Crippen molar-refractivity contribution in [2.75, 3.05) is 4.90 Å². The summed E-state index contributed by atoms with van der Waals surface area (Å²) < 4.78 is 0. The number of nitro benzene ring substituents is 1. The van der Waals surface area contributed by atoms with Crippen LogP contribution in [0.25, 0.3) is 0 Å². The Bertz CT molecular complexity index is 825. The molecule has 0 heterocycles. The molecule has 0 spiro atoms. The number of nitro groups is 1. The van der Waals surface area contributed by atoms with E-state index in [-0.39, 0.29) is 11.3 Å². The molecule has 3 rings (SSSR count). The van der Waals surface area contributed by atoms with Crippen LogP contribution in [-0.4, -0.2) is 10.8 Å². The summed E-state index contributed by atoms with van der Waals surface area (Å²) in [5.41, 5.74) is 1.13. The third-order valence-corrected chi connectivity index (χ3v) is 3.56. The summed E-state index contributed by atoms with van der Waals surface area (Å²) in [6.45, 7) is 0. The summed E-state index contributed by atoms with van der Waals surface area (Å²) in [5, 5.41) is 11.3. The molecular formula is C19H14N2O3. The van der Waals surface area contributed by atoms with Crippen molar-refractivity contribution in [1.82, 2.24) is 0 Å². The summed E-state index contributed by atoms with van der Waals surface area (Å²) in [7, 11) is 0. The molecule has 24 heavy (non-hydrogen) atoms. The number of nitrogens with zero attached hydrogens (tertiary/aromatic N) is 2. The van der Waals surface area contributed by atoms with E-state index in [0.29, 0.717) is 11.4 Å². The number of hydrogen-bond acceptors (Lipinski definition) is 3. The molecule has 0 saturated heterocycles. The van der Waals surface area contributed by atoms with Gasteiger partial charge in [-0.3, -0.25) is 19.8 Å². The fraction of sp³-hybridized carbons (Fsp3) is 0. The number of amides is 1. The Hall–Kier alpha value is -3.47. The molecule has 5 nitrogen and oxygen atoms in total. The lowest BCUT2D eigenvalue weighted by Crippen LogP contribution is -2.26. The number of para-hydroxylation sites is 3. The van der Waals surface area contributed by atoms with Gasteiger partial charge in [0, 0.05) is 17.4 Å². The normalized spacial score (nSPS) is 10.2. The Morgan fingerprint density at radius 1 is 0.750 bits per heavy atom. The second-order valence-corrected chi connectivity index (χ2v) is 5.09. The Kier molecular flexibility index (Phi) is 4.34. The molecule has 1 amide bonds. The molecule has 0 aliphatic heterocycles. The zero-order chi connectivity index (χ0) is 16.9. The molecule has 0 bridgehead atoms. The van der Waals surface area contributed by atoms with Gasteiger partial charge in [-0.2, -0.15) is 0 Å². The minimum Gasteiger partial charge on any atom is -0.277 e. The Morgan fingerprint density at radius 2 is 1.21 bits per heavy atom. The van der Waals surface area contributed by atoms with E-state index < -0.39 is 10.8 Å². The monoisotopic (exact) mass is 318 g/mol. The number of rotatable bonds is 4. The number of anilines is 2. The lowest BCUT2D eigenvalue weighted by Gasteiger charge is -2.23. The highest BCUT2D eigenvalue weighted by atomic mass is 16.6. The highest BCUT2D eigenvalue weighted by molar-refractivity contribution is 6.12. The Balaban J connectivity index is 2.14. The molecule has 3 aromatic carbocycles. The molecular weight excluding hydrogens is 304 g/mol. The summed E-state index contributed by atoms with van der Waals surface area (Å²) in [6.07, 6.45) is 0. The van der Waals surface area contributed by atoms with E-state index in [1.807, 2.05) is 36.4 Å². The predicted octanol–water partition coefficient (Wildman–Crippen LogP) is 4.57. The van der Waals surface area contributed by atoms with Gasteiger partial charge in [-0.25, -0.2) is 0 Å². The highest BCUT2D eigenvalue weighted by Crippen LogP contribution is 2.29. The maximum atomic E-state index is 13.1. The van der Waals surface area contributed by atoms with Crippen LogP contribution in [0, 0.1) is 10.1 Å². The van der Waals surface area contributed by atoms with Crippen molar-refractivity contribution in [2.24, 2.45) is 0 Å². The summed E-state index contributed by atoms with van der Waals surface area (Å²) in [6, 6.07) is 24.1. The van der Waals surface area contributed by atoms with Crippen LogP contribution in [0.3, 0.4) is 0 Å². The van der Waals surface area contributed by atoms with Crippen LogP contribution in [0.2, 0.25) is 0 Å². The van der Waals surface area contributed by atoms with Crippen LogP contribution in [0.4, 0.5) is 17.1 Å². The van der Waals surface area contributed by atoms with Gasteiger partial charge in [-0.15, -0.1) is 0 Å². The van der Waals surface area contributed by atoms with E-state index in [1.165, 1.54) is 17.0 Å². The average molecular weight is 318 g/mol. The van der Waals surface area contributed by atoms with E-state index in [4.69, 9.17) is 0 Å². The van der Waals surface area contributed by atoms with Crippen molar-refractivity contribution in [3.8, 4) is 0 Å². The van der Waals surface area contributed by atoms with E-state index in [2.05, 4.69) is 0 Å². The molecule has 0 aliphatic carbocycles. The fourth-order valence-electron chi connectivity index (χ4n) is 2.47. The molecule has 0 unspecified atom stereocenters. The van der Waals surface area contributed by atoms with Crippen LogP contribution in [0.1, 0.15) is 10.4 Å². The molecule has 0 fully saturated rings. The minimum absolute atomic E-state index is 0.0511. The highest BCUT2D eigenvalue weighted by Gasteiger charge is 2.26. The SMILES string of the molecule is O=C(c1ccccc1[N+](=O)[O-])N(c1ccccc1)c1ccccc1. The van der Waals surface area contributed by atoms with Gasteiger partial charge >= 0.3 is 0 Å². The molecule has 0 N–H and O–H groups in total. The van der Waals surface area contributed by atoms with Crippen LogP contribution in [0.5, 0.6) is 0 Å². The average Bonchev–Trinajstić information content (AvgIpc) is 2.63. The standard InChI is InChI=1S/C19H14N2O3/c22-19(17-13-7-8-14-18(17)21(23)24)20(15-9-3-1-4-10-15)16-11-5-2-6-12-16/h1-14H. The summed E-state index contributed by atoms with van der Waals surface area (Å²) in [5.74, 6) is -0.445. The first kappa shape index (κ1) is 15.4. The molecule has 5 heteroatoms. The van der Waals surface area contributed by atoms with Gasteiger partial charge in [-0.1, -0.05) is 48.5 Å². The zero-order valence-electron chi connectivity index (χ0n) is 12.7. The molecule has 3 aromatic rings. The molecule has 0 aromatic heterocycles. The van der Waals surface area contributed by atoms with Crippen molar-refractivity contribution in [3.05, 3.63) is 101 Å². The molecule has 0 radical (unpaired) electrons. The van der Waals surface area contributed by atoms with E-state index in [0.717, 1.165) is 0 Å². The van der Waals surface area contributed by atoms with E-state index in [9.17, 15) is 14.9 Å². The first-order valence-corrected chi connectivity index (χ1v) is 7.36. The number of carbonyl (C=O) groups excluding carboxylic acids is 1. The van der Waals surface area contributed by atoms with Crippen molar-refractivity contribution < 1.29 is 9.72 Å². The molecule has 0 atom stereocenters. The van der Waals surface area contributed by atoms with E-state index in [1.54, 1.807) is 36.4 Å². The van der Waals surface area contributed by atoms with Gasteiger partial charge < -0.3 is 0 Å². The Labute approximate surface area is 138 Å². The van der Waals surface area contributed by atoms with Crippen molar-refractivity contribution in [2.45, 2.75) is 0 Å². The largest absolute Gasteiger partial charge is 0.282 e. The van der Waals surface area contributed by atoms with Crippen LogP contribution >= 0.6 is 0 Å². The van der Waals surface area contributed by atoms with Crippen LogP contribution in [0.15, 0.2) is 84.9 Å². The van der Waals surface area contributed by atoms with Crippen LogP contribution in [-0.2, 0) is 0 Å². The van der Waals surface area contributed by atoms with Gasteiger partial charge in [-0.05, 0) is 30.3 Å². The van der Waals surface area contributed by atoms with Gasteiger partial charge in [0.2, 0.25) is 0 Å². The quantitative estimate of drug-likeness (QED) is 0.523. The van der Waals surface area contributed by atoms with Gasteiger partial charge in [0.1, 0.15) is 5.56 Å². The lowest BCUT2D eigenvalue weighted by molar-refractivity contribution is -0.385.